The van der Waals surface area contributed by atoms with Crippen LogP contribution in [0.2, 0.25) is 0 Å². The zero-order valence-electron chi connectivity index (χ0n) is 9.58. The van der Waals surface area contributed by atoms with Crippen molar-refractivity contribution in [2.45, 2.75) is 45.2 Å². The van der Waals surface area contributed by atoms with Gasteiger partial charge in [0, 0.05) is 6.54 Å². The predicted octanol–water partition coefficient (Wildman–Crippen LogP) is 1.32. The molecule has 0 aromatic heterocycles. The van der Waals surface area contributed by atoms with E-state index < -0.39 is 12.7 Å². The van der Waals surface area contributed by atoms with Crippen molar-refractivity contribution in [1.29, 1.82) is 0 Å². The lowest BCUT2D eigenvalue weighted by molar-refractivity contribution is -0.134. The van der Waals surface area contributed by atoms with Gasteiger partial charge in [-0.3, -0.25) is 4.79 Å². The third-order valence-corrected chi connectivity index (χ3v) is 3.38. The number of nitrogens with zero attached hydrogens (tertiary/aromatic N) is 1. The normalized spacial score (nSPS) is 25.3. The summed E-state index contributed by atoms with van der Waals surface area (Å²) in [6, 6.07) is -0.699. The second-order valence-electron chi connectivity index (χ2n) is 4.39. The molecule has 0 aliphatic carbocycles. The van der Waals surface area contributed by atoms with Crippen molar-refractivity contribution >= 4 is 5.91 Å². The van der Waals surface area contributed by atoms with Crippen LogP contribution in [0.5, 0.6) is 0 Å². The summed E-state index contributed by atoms with van der Waals surface area (Å²) in [5.41, 5.74) is 5.85. The number of halogens is 1. The molecule has 1 aliphatic rings. The summed E-state index contributed by atoms with van der Waals surface area (Å²) >= 11 is 0. The Kier molecular flexibility index (Phi) is 4.51. The van der Waals surface area contributed by atoms with E-state index in [4.69, 9.17) is 5.73 Å². The van der Waals surface area contributed by atoms with Gasteiger partial charge in [-0.05, 0) is 18.8 Å². The van der Waals surface area contributed by atoms with Crippen LogP contribution < -0.4 is 5.73 Å². The third kappa shape index (κ3) is 2.68. The highest BCUT2D eigenvalue weighted by molar-refractivity contribution is 5.82. The van der Waals surface area contributed by atoms with Crippen molar-refractivity contribution in [3.8, 4) is 0 Å². The molecule has 2 N–H and O–H groups in total. The van der Waals surface area contributed by atoms with Crippen LogP contribution in [-0.2, 0) is 4.79 Å². The number of rotatable bonds is 4. The molecule has 3 nitrogen and oxygen atoms in total. The number of nitrogens with two attached hydrogens (primary N) is 1. The minimum atomic E-state index is -0.470. The smallest absolute Gasteiger partial charge is 0.240 e. The van der Waals surface area contributed by atoms with E-state index in [-0.39, 0.29) is 17.9 Å². The van der Waals surface area contributed by atoms with Gasteiger partial charge in [-0.25, -0.2) is 4.39 Å². The van der Waals surface area contributed by atoms with Crippen LogP contribution in [0.3, 0.4) is 0 Å². The number of likely N-dealkylation sites (tertiary alicyclic amines) is 1. The Balaban J connectivity index is 2.59. The first-order valence-corrected chi connectivity index (χ1v) is 5.73. The number of carbonyl (C=O) groups is 1. The second kappa shape index (κ2) is 5.45. The molecule has 88 valence electrons. The summed E-state index contributed by atoms with van der Waals surface area (Å²) in [5, 5.41) is 0. The van der Waals surface area contributed by atoms with Gasteiger partial charge in [0.2, 0.25) is 5.91 Å². The summed E-state index contributed by atoms with van der Waals surface area (Å²) in [4.78, 5) is 13.6. The van der Waals surface area contributed by atoms with Crippen molar-refractivity contribution in [2.24, 2.45) is 11.7 Å². The third-order valence-electron chi connectivity index (χ3n) is 3.38. The van der Waals surface area contributed by atoms with Gasteiger partial charge in [-0.1, -0.05) is 20.3 Å². The van der Waals surface area contributed by atoms with Crippen LogP contribution in [0.15, 0.2) is 0 Å². The highest BCUT2D eigenvalue weighted by Crippen LogP contribution is 2.20. The fourth-order valence-electron chi connectivity index (χ4n) is 1.98. The summed E-state index contributed by atoms with van der Waals surface area (Å²) < 4.78 is 12.6. The SMILES string of the molecule is CC[C@H](C)[C@H](N)C(=O)N1CCC[C@H]1CF. The van der Waals surface area contributed by atoms with E-state index in [0.29, 0.717) is 6.54 Å². The average molecular weight is 216 g/mol. The van der Waals surface area contributed by atoms with E-state index in [1.807, 2.05) is 13.8 Å². The van der Waals surface area contributed by atoms with Gasteiger partial charge in [0.1, 0.15) is 6.67 Å². The molecule has 0 bridgehead atoms. The summed E-state index contributed by atoms with van der Waals surface area (Å²) in [6.45, 7) is 4.19. The molecule has 1 aliphatic heterocycles. The molecule has 0 unspecified atom stereocenters. The van der Waals surface area contributed by atoms with Crippen molar-refractivity contribution < 1.29 is 9.18 Å². The molecule has 15 heavy (non-hydrogen) atoms. The number of hydrogen-bond donors (Lipinski definition) is 1. The van der Waals surface area contributed by atoms with Crippen LogP contribution in [-0.4, -0.2) is 36.1 Å². The van der Waals surface area contributed by atoms with Gasteiger partial charge in [0.15, 0.2) is 0 Å². The zero-order chi connectivity index (χ0) is 11.4. The molecule has 3 atom stereocenters. The quantitative estimate of drug-likeness (QED) is 0.770. The molecule has 0 aromatic rings. The van der Waals surface area contributed by atoms with E-state index in [2.05, 4.69) is 0 Å². The monoisotopic (exact) mass is 216 g/mol. The van der Waals surface area contributed by atoms with E-state index in [1.54, 1.807) is 4.90 Å². The fraction of sp³-hybridized carbons (Fsp3) is 0.909. The van der Waals surface area contributed by atoms with E-state index in [9.17, 15) is 9.18 Å². The van der Waals surface area contributed by atoms with Gasteiger partial charge >= 0.3 is 0 Å². The number of amides is 1. The largest absolute Gasteiger partial charge is 0.336 e. The lowest BCUT2D eigenvalue weighted by Gasteiger charge is -2.28. The first-order chi connectivity index (χ1) is 7.11. The summed E-state index contributed by atoms with van der Waals surface area (Å²) in [7, 11) is 0. The van der Waals surface area contributed by atoms with Crippen molar-refractivity contribution in [3.05, 3.63) is 0 Å². The Bertz CT molecular complexity index is 223. The number of carbonyl (C=O) groups excluding carboxylic acids is 1. The van der Waals surface area contributed by atoms with Gasteiger partial charge in [0.25, 0.3) is 0 Å². The Morgan fingerprint density at radius 2 is 2.33 bits per heavy atom. The fourth-order valence-corrected chi connectivity index (χ4v) is 1.98. The molecule has 1 saturated heterocycles. The molecular formula is C11H21FN2O. The molecule has 1 fully saturated rings. The molecule has 0 saturated carbocycles. The van der Waals surface area contributed by atoms with Crippen LogP contribution >= 0.6 is 0 Å². The van der Waals surface area contributed by atoms with Gasteiger partial charge < -0.3 is 10.6 Å². The number of alkyl halides is 1. The van der Waals surface area contributed by atoms with Crippen molar-refractivity contribution in [1.82, 2.24) is 4.90 Å². The van der Waals surface area contributed by atoms with Crippen LogP contribution in [0.1, 0.15) is 33.1 Å². The van der Waals surface area contributed by atoms with E-state index in [1.165, 1.54) is 0 Å². The van der Waals surface area contributed by atoms with E-state index in [0.717, 1.165) is 19.3 Å². The highest BCUT2D eigenvalue weighted by atomic mass is 19.1. The minimum absolute atomic E-state index is 0.0792. The van der Waals surface area contributed by atoms with Gasteiger partial charge in [0.05, 0.1) is 12.1 Å². The van der Waals surface area contributed by atoms with Crippen LogP contribution in [0, 0.1) is 5.92 Å². The predicted molar refractivity (Wildman–Crippen MR) is 58.1 cm³/mol. The first kappa shape index (κ1) is 12.4. The first-order valence-electron chi connectivity index (χ1n) is 5.73. The summed E-state index contributed by atoms with van der Waals surface area (Å²) in [5.74, 6) is 0.0860. The van der Waals surface area contributed by atoms with Gasteiger partial charge in [-0.15, -0.1) is 0 Å². The second-order valence-corrected chi connectivity index (χ2v) is 4.39. The van der Waals surface area contributed by atoms with Crippen LogP contribution in [0.4, 0.5) is 4.39 Å². The number of hydrogen-bond acceptors (Lipinski definition) is 2. The molecule has 0 aromatic carbocycles. The summed E-state index contributed by atoms with van der Waals surface area (Å²) in [6.07, 6.45) is 2.55. The maximum atomic E-state index is 12.6. The molecule has 0 radical (unpaired) electrons. The zero-order valence-corrected chi connectivity index (χ0v) is 9.58. The molecule has 0 spiro atoms. The lowest BCUT2D eigenvalue weighted by Crippen LogP contribution is -2.49. The molecule has 1 amide bonds. The van der Waals surface area contributed by atoms with Crippen LogP contribution in [0.25, 0.3) is 0 Å². The lowest BCUT2D eigenvalue weighted by atomic mass is 9.98. The maximum absolute atomic E-state index is 12.6. The Morgan fingerprint density at radius 1 is 1.67 bits per heavy atom. The molecular weight excluding hydrogens is 195 g/mol. The molecule has 4 heteroatoms. The van der Waals surface area contributed by atoms with Gasteiger partial charge in [-0.2, -0.15) is 0 Å². The Hall–Kier alpha value is -0.640. The van der Waals surface area contributed by atoms with Crippen molar-refractivity contribution in [3.63, 3.8) is 0 Å². The maximum Gasteiger partial charge on any atom is 0.240 e. The molecule has 1 rings (SSSR count). The standard InChI is InChI=1S/C11H21FN2O/c1-3-8(2)10(13)11(15)14-6-4-5-9(14)7-12/h8-10H,3-7,13H2,1-2H3/t8-,9-,10-/m0/s1. The topological polar surface area (TPSA) is 46.3 Å². The van der Waals surface area contributed by atoms with E-state index >= 15 is 0 Å². The van der Waals surface area contributed by atoms with Crippen molar-refractivity contribution in [2.75, 3.05) is 13.2 Å². The minimum Gasteiger partial charge on any atom is -0.336 e. The average Bonchev–Trinajstić information content (AvgIpc) is 2.73. The Labute approximate surface area is 90.8 Å². The highest BCUT2D eigenvalue weighted by Gasteiger charge is 2.32. The Morgan fingerprint density at radius 3 is 2.87 bits per heavy atom. The molecule has 1 heterocycles.